The lowest BCUT2D eigenvalue weighted by molar-refractivity contribution is -0.00709. The molecule has 0 radical (unpaired) electrons. The fraction of sp³-hybridized carbons (Fsp3) is 0.360. The topological polar surface area (TPSA) is 92.9 Å². The highest BCUT2D eigenvalue weighted by Crippen LogP contribution is 2.41. The summed E-state index contributed by atoms with van der Waals surface area (Å²) in [5.74, 6) is 0. The number of ether oxygens (including phenoxy) is 1. The van der Waals surface area contributed by atoms with E-state index in [-0.39, 0.29) is 17.8 Å². The standard InChI is InChI=1S/C25H25ClN6O3/c1-4-17-9-16(5-6-34-17)32-22-18-7-14(20-12-30(2)13-27-20)8-19(26)23(18)35-24(22)21(29-25(32)33)15-10-28-31(3)11-15/h7-8,10-13,16-17H,4-6,9H2,1-3H3/t16-,17-/m0/s1. The molecule has 0 bridgehead atoms. The molecular weight excluding hydrogens is 468 g/mol. The highest BCUT2D eigenvalue weighted by molar-refractivity contribution is 6.36. The number of hydrogen-bond donors (Lipinski definition) is 0. The quantitative estimate of drug-likeness (QED) is 0.360. The van der Waals surface area contributed by atoms with Crippen LogP contribution in [0.15, 0.2) is 46.3 Å². The molecule has 1 aromatic carbocycles. The second kappa shape index (κ2) is 8.35. The molecule has 0 amide bonds. The van der Waals surface area contributed by atoms with Crippen molar-refractivity contribution in [3.05, 3.63) is 52.6 Å². The molecule has 0 saturated carbocycles. The Morgan fingerprint density at radius 2 is 2.03 bits per heavy atom. The van der Waals surface area contributed by atoms with Gasteiger partial charge in [0.1, 0.15) is 11.2 Å². The van der Waals surface area contributed by atoms with Crippen molar-refractivity contribution < 1.29 is 9.15 Å². The maximum atomic E-state index is 13.6. The molecule has 9 nitrogen and oxygen atoms in total. The lowest BCUT2D eigenvalue weighted by Crippen LogP contribution is -2.34. The van der Waals surface area contributed by atoms with Crippen LogP contribution < -0.4 is 5.69 Å². The van der Waals surface area contributed by atoms with Gasteiger partial charge >= 0.3 is 5.69 Å². The van der Waals surface area contributed by atoms with Crippen LogP contribution >= 0.6 is 11.6 Å². The van der Waals surface area contributed by atoms with Crippen LogP contribution in [0.25, 0.3) is 44.6 Å². The SMILES string of the molecule is CC[C@H]1C[C@@H](n2c(=O)nc(-c3cnn(C)c3)c3oc4c(Cl)cc(-c5cn(C)cn5)cc4c32)CCO1. The number of rotatable bonds is 4. The number of hydrogen-bond acceptors (Lipinski definition) is 6. The summed E-state index contributed by atoms with van der Waals surface area (Å²) in [5.41, 5.74) is 4.22. The normalized spacial score (nSPS) is 18.6. The van der Waals surface area contributed by atoms with E-state index in [4.69, 9.17) is 20.8 Å². The van der Waals surface area contributed by atoms with Gasteiger partial charge in [0.05, 0.1) is 29.3 Å². The average molecular weight is 493 g/mol. The Bertz CT molecular complexity index is 1630. The van der Waals surface area contributed by atoms with Crippen LogP contribution in [-0.4, -0.2) is 41.6 Å². The second-order valence-electron chi connectivity index (χ2n) is 9.13. The third-order valence-electron chi connectivity index (χ3n) is 6.73. The van der Waals surface area contributed by atoms with Gasteiger partial charge in [-0.05, 0) is 31.4 Å². The van der Waals surface area contributed by atoms with E-state index in [1.54, 1.807) is 21.8 Å². The van der Waals surface area contributed by atoms with Gasteiger partial charge < -0.3 is 13.7 Å². The summed E-state index contributed by atoms with van der Waals surface area (Å²) in [5, 5.41) is 5.48. The van der Waals surface area contributed by atoms with Gasteiger partial charge in [-0.3, -0.25) is 9.25 Å². The Hall–Kier alpha value is -3.43. The van der Waals surface area contributed by atoms with E-state index >= 15 is 0 Å². The van der Waals surface area contributed by atoms with Crippen molar-refractivity contribution in [2.45, 2.75) is 38.3 Å². The summed E-state index contributed by atoms with van der Waals surface area (Å²) in [7, 11) is 3.74. The van der Waals surface area contributed by atoms with Crippen LogP contribution in [0.3, 0.4) is 0 Å². The molecule has 4 aromatic heterocycles. The van der Waals surface area contributed by atoms with Crippen molar-refractivity contribution in [3.8, 4) is 22.5 Å². The molecule has 5 heterocycles. The van der Waals surface area contributed by atoms with E-state index in [0.29, 0.717) is 39.6 Å². The summed E-state index contributed by atoms with van der Waals surface area (Å²) in [4.78, 5) is 22.6. The molecule has 0 unspecified atom stereocenters. The van der Waals surface area contributed by atoms with Crippen LogP contribution in [0.4, 0.5) is 0 Å². The smallest absolute Gasteiger partial charge is 0.349 e. The summed E-state index contributed by atoms with van der Waals surface area (Å²) in [6.45, 7) is 2.69. The van der Waals surface area contributed by atoms with Gasteiger partial charge in [0, 0.05) is 55.7 Å². The molecular formula is C25H25ClN6O3. The minimum Gasteiger partial charge on any atom is -0.451 e. The van der Waals surface area contributed by atoms with Crippen molar-refractivity contribution in [2.75, 3.05) is 6.61 Å². The first kappa shape index (κ1) is 22.1. The maximum Gasteiger partial charge on any atom is 0.349 e. The third kappa shape index (κ3) is 3.66. The number of nitrogens with zero attached hydrogens (tertiary/aromatic N) is 6. The molecule has 35 heavy (non-hydrogen) atoms. The molecule has 0 aliphatic carbocycles. The number of benzene rings is 1. The number of furan rings is 1. The Kier molecular flexibility index (Phi) is 5.26. The van der Waals surface area contributed by atoms with Crippen molar-refractivity contribution in [3.63, 3.8) is 0 Å². The second-order valence-corrected chi connectivity index (χ2v) is 9.54. The molecule has 0 spiro atoms. The molecule has 1 aliphatic heterocycles. The van der Waals surface area contributed by atoms with E-state index in [0.717, 1.165) is 35.9 Å². The summed E-state index contributed by atoms with van der Waals surface area (Å²) in [6.07, 6.45) is 9.62. The van der Waals surface area contributed by atoms with Crippen LogP contribution in [0, 0.1) is 0 Å². The van der Waals surface area contributed by atoms with Gasteiger partial charge in [0.2, 0.25) is 0 Å². The molecule has 10 heteroatoms. The predicted octanol–water partition coefficient (Wildman–Crippen LogP) is 4.73. The zero-order valence-corrected chi connectivity index (χ0v) is 20.5. The summed E-state index contributed by atoms with van der Waals surface area (Å²) in [6, 6.07) is 3.78. The Balaban J connectivity index is 1.68. The molecule has 0 N–H and O–H groups in total. The fourth-order valence-corrected chi connectivity index (χ4v) is 5.27. The van der Waals surface area contributed by atoms with Crippen molar-refractivity contribution in [1.29, 1.82) is 0 Å². The Morgan fingerprint density at radius 1 is 1.17 bits per heavy atom. The van der Waals surface area contributed by atoms with Gasteiger partial charge in [-0.15, -0.1) is 0 Å². The monoisotopic (exact) mass is 492 g/mol. The first-order valence-electron chi connectivity index (χ1n) is 11.7. The highest BCUT2D eigenvalue weighted by atomic mass is 35.5. The number of fused-ring (bicyclic) bond motifs is 3. The summed E-state index contributed by atoms with van der Waals surface area (Å²) >= 11 is 6.74. The molecule has 5 aromatic rings. The van der Waals surface area contributed by atoms with E-state index in [2.05, 4.69) is 22.0 Å². The number of halogens is 1. The zero-order chi connectivity index (χ0) is 24.3. The van der Waals surface area contributed by atoms with E-state index in [9.17, 15) is 4.79 Å². The molecule has 180 valence electrons. The Labute approximate surface area is 205 Å². The third-order valence-corrected chi connectivity index (χ3v) is 7.01. The molecule has 1 fully saturated rings. The van der Waals surface area contributed by atoms with E-state index in [1.807, 2.05) is 43.2 Å². The van der Waals surface area contributed by atoms with Crippen molar-refractivity contribution in [1.82, 2.24) is 28.9 Å². The van der Waals surface area contributed by atoms with Crippen molar-refractivity contribution >= 4 is 33.7 Å². The molecule has 1 aliphatic rings. The van der Waals surface area contributed by atoms with Crippen molar-refractivity contribution in [2.24, 2.45) is 14.1 Å². The van der Waals surface area contributed by atoms with Gasteiger partial charge in [0.15, 0.2) is 11.2 Å². The number of imidazole rings is 1. The first-order chi connectivity index (χ1) is 16.9. The zero-order valence-electron chi connectivity index (χ0n) is 19.7. The maximum absolute atomic E-state index is 13.6. The van der Waals surface area contributed by atoms with Crippen LogP contribution in [0.1, 0.15) is 32.2 Å². The largest absolute Gasteiger partial charge is 0.451 e. The predicted molar refractivity (Wildman–Crippen MR) is 133 cm³/mol. The van der Waals surface area contributed by atoms with Crippen LogP contribution in [-0.2, 0) is 18.8 Å². The van der Waals surface area contributed by atoms with E-state index in [1.165, 1.54) is 0 Å². The molecule has 2 atom stereocenters. The van der Waals surface area contributed by atoms with Crippen LogP contribution in [0.5, 0.6) is 0 Å². The number of aromatic nitrogens is 6. The molecule has 1 saturated heterocycles. The lowest BCUT2D eigenvalue weighted by Gasteiger charge is -2.30. The van der Waals surface area contributed by atoms with Gasteiger partial charge in [-0.25, -0.2) is 9.78 Å². The van der Waals surface area contributed by atoms with Crippen LogP contribution in [0.2, 0.25) is 5.02 Å². The highest BCUT2D eigenvalue weighted by Gasteiger charge is 2.29. The molecule has 6 rings (SSSR count). The van der Waals surface area contributed by atoms with Gasteiger partial charge in [-0.2, -0.15) is 10.1 Å². The Morgan fingerprint density at radius 3 is 2.74 bits per heavy atom. The minimum atomic E-state index is -0.319. The summed E-state index contributed by atoms with van der Waals surface area (Å²) < 4.78 is 17.6. The fourth-order valence-electron chi connectivity index (χ4n) is 5.01. The lowest BCUT2D eigenvalue weighted by atomic mass is 10.0. The van der Waals surface area contributed by atoms with Gasteiger partial charge in [-0.1, -0.05) is 18.5 Å². The number of aryl methyl sites for hydroxylation is 2. The average Bonchev–Trinajstić information content (AvgIpc) is 3.57. The minimum absolute atomic E-state index is 0.0581. The van der Waals surface area contributed by atoms with E-state index < -0.39 is 0 Å². The van der Waals surface area contributed by atoms with Gasteiger partial charge in [0.25, 0.3) is 0 Å². The first-order valence-corrected chi connectivity index (χ1v) is 12.1.